The van der Waals surface area contributed by atoms with E-state index >= 15 is 0 Å². The van der Waals surface area contributed by atoms with Crippen LogP contribution in [0.4, 0.5) is 4.79 Å². The molecule has 3 amide bonds. The minimum atomic E-state index is -0.408. The third-order valence-corrected chi connectivity index (χ3v) is 5.35. The Morgan fingerprint density at radius 2 is 1.68 bits per heavy atom. The first-order valence-electron chi connectivity index (χ1n) is 10.1. The van der Waals surface area contributed by atoms with Gasteiger partial charge in [0.15, 0.2) is 0 Å². The van der Waals surface area contributed by atoms with Crippen LogP contribution in [0.1, 0.15) is 25.8 Å². The average Bonchev–Trinajstić information content (AvgIpc) is 2.69. The number of carbonyl (C=O) groups is 2. The topological polar surface area (TPSA) is 64.7 Å². The van der Waals surface area contributed by atoms with Gasteiger partial charge in [0.05, 0.1) is 6.54 Å². The monoisotopic (exact) mass is 382 g/mol. The Morgan fingerprint density at radius 1 is 1.00 bits per heavy atom. The van der Waals surface area contributed by atoms with Gasteiger partial charge in [0.2, 0.25) is 5.91 Å². The Bertz CT molecular complexity index is 810. The molecule has 0 spiro atoms. The van der Waals surface area contributed by atoms with Crippen LogP contribution in [0.15, 0.2) is 42.5 Å². The Hall–Kier alpha value is -2.44. The van der Waals surface area contributed by atoms with Crippen molar-refractivity contribution < 1.29 is 9.59 Å². The van der Waals surface area contributed by atoms with E-state index in [1.807, 2.05) is 13.8 Å². The lowest BCUT2D eigenvalue weighted by molar-refractivity contribution is -0.121. The smallest absolute Gasteiger partial charge is 0.321 e. The minimum Gasteiger partial charge on any atom is -0.335 e. The fourth-order valence-corrected chi connectivity index (χ4v) is 3.51. The predicted octanol–water partition coefficient (Wildman–Crippen LogP) is 2.58. The van der Waals surface area contributed by atoms with E-state index in [9.17, 15) is 9.59 Å². The normalized spacial score (nSPS) is 16.6. The number of urea groups is 1. The lowest BCUT2D eigenvalue weighted by Gasteiger charge is -2.34. The van der Waals surface area contributed by atoms with Gasteiger partial charge in [-0.15, -0.1) is 0 Å². The summed E-state index contributed by atoms with van der Waals surface area (Å²) in [7, 11) is 0. The SMILES string of the molecule is CC[C@@H](C)NC(=O)NC(=O)CN1CCN(Cc2cccc3ccccc23)CC1. The van der Waals surface area contributed by atoms with Crippen molar-refractivity contribution in [3.05, 3.63) is 48.0 Å². The first-order chi connectivity index (χ1) is 13.5. The third-order valence-electron chi connectivity index (χ3n) is 5.35. The van der Waals surface area contributed by atoms with E-state index in [-0.39, 0.29) is 18.5 Å². The summed E-state index contributed by atoms with van der Waals surface area (Å²) in [6.45, 7) is 8.56. The van der Waals surface area contributed by atoms with Gasteiger partial charge in [0, 0.05) is 38.8 Å². The molecule has 0 saturated carbocycles. The van der Waals surface area contributed by atoms with E-state index in [4.69, 9.17) is 0 Å². The summed E-state index contributed by atoms with van der Waals surface area (Å²) >= 11 is 0. The average molecular weight is 383 g/mol. The molecule has 150 valence electrons. The van der Waals surface area contributed by atoms with Gasteiger partial charge in [-0.25, -0.2) is 4.79 Å². The number of carbonyl (C=O) groups excluding carboxylic acids is 2. The number of nitrogens with one attached hydrogen (secondary N) is 2. The number of piperazine rings is 1. The number of fused-ring (bicyclic) bond motifs is 1. The summed E-state index contributed by atoms with van der Waals surface area (Å²) in [6, 6.07) is 14.6. The molecular formula is C22H30N4O2. The molecule has 6 nitrogen and oxygen atoms in total. The van der Waals surface area contributed by atoms with Crippen molar-refractivity contribution in [3.8, 4) is 0 Å². The van der Waals surface area contributed by atoms with Gasteiger partial charge in [-0.1, -0.05) is 49.4 Å². The van der Waals surface area contributed by atoms with Gasteiger partial charge in [0.1, 0.15) is 0 Å². The van der Waals surface area contributed by atoms with Crippen LogP contribution in [-0.4, -0.2) is 60.5 Å². The molecule has 0 aromatic heterocycles. The molecule has 28 heavy (non-hydrogen) atoms. The third kappa shape index (κ3) is 5.53. The Labute approximate surface area is 166 Å². The number of hydrogen-bond acceptors (Lipinski definition) is 4. The largest absolute Gasteiger partial charge is 0.335 e. The van der Waals surface area contributed by atoms with E-state index < -0.39 is 6.03 Å². The summed E-state index contributed by atoms with van der Waals surface area (Å²) in [5.41, 5.74) is 1.34. The lowest BCUT2D eigenvalue weighted by Crippen LogP contribution is -2.51. The van der Waals surface area contributed by atoms with Crippen molar-refractivity contribution in [2.75, 3.05) is 32.7 Å². The van der Waals surface area contributed by atoms with Crippen LogP contribution in [0, 0.1) is 0 Å². The molecule has 1 aliphatic rings. The van der Waals surface area contributed by atoms with Crippen LogP contribution in [0.2, 0.25) is 0 Å². The zero-order valence-electron chi connectivity index (χ0n) is 16.8. The molecular weight excluding hydrogens is 352 g/mol. The molecule has 3 rings (SSSR count). The van der Waals surface area contributed by atoms with Crippen molar-refractivity contribution in [1.82, 2.24) is 20.4 Å². The fourth-order valence-electron chi connectivity index (χ4n) is 3.51. The molecule has 2 aromatic carbocycles. The van der Waals surface area contributed by atoms with Gasteiger partial charge in [0.25, 0.3) is 0 Å². The zero-order valence-corrected chi connectivity index (χ0v) is 16.8. The van der Waals surface area contributed by atoms with Gasteiger partial charge < -0.3 is 5.32 Å². The Morgan fingerprint density at radius 3 is 2.43 bits per heavy atom. The molecule has 2 N–H and O–H groups in total. The van der Waals surface area contributed by atoms with E-state index in [2.05, 4.69) is 62.9 Å². The number of amides is 3. The first-order valence-corrected chi connectivity index (χ1v) is 10.1. The first kappa shape index (κ1) is 20.3. The summed E-state index contributed by atoms with van der Waals surface area (Å²) < 4.78 is 0. The highest BCUT2D eigenvalue weighted by molar-refractivity contribution is 5.95. The maximum absolute atomic E-state index is 12.1. The summed E-state index contributed by atoms with van der Waals surface area (Å²) in [4.78, 5) is 28.4. The van der Waals surface area contributed by atoms with Gasteiger partial charge in [-0.3, -0.25) is 19.9 Å². The molecule has 1 fully saturated rings. The van der Waals surface area contributed by atoms with Crippen LogP contribution in [0.25, 0.3) is 10.8 Å². The van der Waals surface area contributed by atoms with Crippen LogP contribution in [-0.2, 0) is 11.3 Å². The van der Waals surface area contributed by atoms with Crippen LogP contribution in [0.3, 0.4) is 0 Å². The van der Waals surface area contributed by atoms with Gasteiger partial charge in [-0.2, -0.15) is 0 Å². The van der Waals surface area contributed by atoms with Crippen molar-refractivity contribution in [2.45, 2.75) is 32.9 Å². The highest BCUT2D eigenvalue weighted by Crippen LogP contribution is 2.20. The Kier molecular flexibility index (Phi) is 7.01. The van der Waals surface area contributed by atoms with Gasteiger partial charge >= 0.3 is 6.03 Å². The van der Waals surface area contributed by atoms with Crippen LogP contribution >= 0.6 is 0 Å². The van der Waals surface area contributed by atoms with Crippen LogP contribution < -0.4 is 10.6 Å². The van der Waals surface area contributed by atoms with E-state index in [0.29, 0.717) is 0 Å². The number of rotatable bonds is 6. The Balaban J connectivity index is 1.45. The molecule has 1 atom stereocenters. The maximum atomic E-state index is 12.1. The van der Waals surface area contributed by atoms with E-state index in [0.717, 1.165) is 39.1 Å². The molecule has 0 bridgehead atoms. The molecule has 1 saturated heterocycles. The quantitative estimate of drug-likeness (QED) is 0.806. The molecule has 0 aliphatic carbocycles. The number of nitrogens with zero attached hydrogens (tertiary/aromatic N) is 2. The summed E-state index contributed by atoms with van der Waals surface area (Å²) in [5, 5.41) is 7.74. The number of imide groups is 1. The predicted molar refractivity (Wildman–Crippen MR) is 112 cm³/mol. The highest BCUT2D eigenvalue weighted by atomic mass is 16.2. The molecule has 0 radical (unpaired) electrons. The molecule has 1 aliphatic heterocycles. The molecule has 1 heterocycles. The van der Waals surface area contributed by atoms with Gasteiger partial charge in [-0.05, 0) is 29.7 Å². The number of hydrogen-bond donors (Lipinski definition) is 2. The minimum absolute atomic E-state index is 0.0606. The van der Waals surface area contributed by atoms with Crippen LogP contribution in [0.5, 0.6) is 0 Å². The number of benzene rings is 2. The van der Waals surface area contributed by atoms with Crippen molar-refractivity contribution in [1.29, 1.82) is 0 Å². The van der Waals surface area contributed by atoms with Crippen molar-refractivity contribution in [2.24, 2.45) is 0 Å². The fraction of sp³-hybridized carbons (Fsp3) is 0.455. The second-order valence-corrected chi connectivity index (χ2v) is 7.52. The molecule has 6 heteroatoms. The second-order valence-electron chi connectivity index (χ2n) is 7.52. The standard InChI is InChI=1S/C22H30N4O2/c1-3-17(2)23-22(28)24-21(27)16-26-13-11-25(12-14-26)15-19-9-6-8-18-7-4-5-10-20(18)19/h4-10,17H,3,11-16H2,1-2H3,(H2,23,24,27,28)/t17-/m1/s1. The van der Waals surface area contributed by atoms with Crippen molar-refractivity contribution >= 4 is 22.7 Å². The zero-order chi connectivity index (χ0) is 19.9. The van der Waals surface area contributed by atoms with Crippen molar-refractivity contribution in [3.63, 3.8) is 0 Å². The second kappa shape index (κ2) is 9.66. The molecule has 2 aromatic rings. The lowest BCUT2D eigenvalue weighted by atomic mass is 10.0. The summed E-state index contributed by atoms with van der Waals surface area (Å²) in [6.07, 6.45) is 0.834. The maximum Gasteiger partial charge on any atom is 0.321 e. The summed E-state index contributed by atoms with van der Waals surface area (Å²) in [5.74, 6) is -0.247. The van der Waals surface area contributed by atoms with E-state index in [1.54, 1.807) is 0 Å². The van der Waals surface area contributed by atoms with E-state index in [1.165, 1.54) is 16.3 Å². The highest BCUT2D eigenvalue weighted by Gasteiger charge is 2.20. The molecule has 0 unspecified atom stereocenters.